The molecule has 2 rings (SSSR count). The van der Waals surface area contributed by atoms with Crippen molar-refractivity contribution in [1.29, 1.82) is 0 Å². The molecular weight excluding hydrogens is 200 g/mol. The van der Waals surface area contributed by atoms with Crippen LogP contribution in [0.1, 0.15) is 33.1 Å². The van der Waals surface area contributed by atoms with Crippen LogP contribution >= 0.6 is 0 Å². The highest BCUT2D eigenvalue weighted by Gasteiger charge is 2.63. The van der Waals surface area contributed by atoms with Crippen molar-refractivity contribution in [1.82, 2.24) is 0 Å². The average Bonchev–Trinajstić information content (AvgIpc) is 2.39. The molecular formula is C14H22O2. The molecule has 0 unspecified atom stereocenters. The van der Waals surface area contributed by atoms with E-state index < -0.39 is 17.1 Å². The van der Waals surface area contributed by atoms with Gasteiger partial charge in [0.2, 0.25) is 0 Å². The minimum absolute atomic E-state index is 0.257. The fourth-order valence-electron chi connectivity index (χ4n) is 3.86. The van der Waals surface area contributed by atoms with Crippen molar-refractivity contribution < 1.29 is 10.2 Å². The molecule has 2 saturated carbocycles. The van der Waals surface area contributed by atoms with Gasteiger partial charge in [-0.05, 0) is 43.6 Å². The van der Waals surface area contributed by atoms with Crippen LogP contribution in [0.25, 0.3) is 0 Å². The molecule has 0 radical (unpaired) electrons. The van der Waals surface area contributed by atoms with Gasteiger partial charge in [0.15, 0.2) is 0 Å². The molecule has 2 N–H and O–H groups in total. The van der Waals surface area contributed by atoms with Gasteiger partial charge in [-0.2, -0.15) is 0 Å². The molecule has 0 aromatic rings. The van der Waals surface area contributed by atoms with Gasteiger partial charge in [0.05, 0.1) is 11.7 Å². The first kappa shape index (κ1) is 11.9. The van der Waals surface area contributed by atoms with Crippen molar-refractivity contribution in [2.45, 2.75) is 44.8 Å². The number of rotatable bonds is 2. The third-order valence-corrected chi connectivity index (χ3v) is 5.04. The van der Waals surface area contributed by atoms with E-state index in [4.69, 9.17) is 0 Å². The van der Waals surface area contributed by atoms with Crippen LogP contribution in [0, 0.1) is 17.3 Å². The van der Waals surface area contributed by atoms with Gasteiger partial charge in [-0.15, -0.1) is 6.58 Å². The minimum Gasteiger partial charge on any atom is -0.392 e. The topological polar surface area (TPSA) is 40.5 Å². The molecule has 5 atom stereocenters. The smallest absolute Gasteiger partial charge is 0.0910 e. The standard InChI is InChI=1S/C14H22O2/c1-5-6-14-8-9(2)11(12(14)15)7-10(3)13(14,4)16/h5,9,11-12,15-16H,1,3,6-8H2,2,4H3/t9-,11+,12+,13-,14-/m0/s1. The van der Waals surface area contributed by atoms with Crippen LogP contribution in [0.2, 0.25) is 0 Å². The molecule has 90 valence electrons. The molecule has 0 aromatic carbocycles. The van der Waals surface area contributed by atoms with Crippen molar-refractivity contribution in [3.8, 4) is 0 Å². The second kappa shape index (κ2) is 3.44. The van der Waals surface area contributed by atoms with Crippen LogP contribution in [0.4, 0.5) is 0 Å². The zero-order valence-corrected chi connectivity index (χ0v) is 10.2. The van der Waals surface area contributed by atoms with Gasteiger partial charge in [-0.1, -0.05) is 19.6 Å². The number of aliphatic hydroxyl groups is 2. The number of allylic oxidation sites excluding steroid dienone is 1. The minimum atomic E-state index is -0.970. The van der Waals surface area contributed by atoms with E-state index in [0.29, 0.717) is 12.3 Å². The summed E-state index contributed by atoms with van der Waals surface area (Å²) in [5.41, 5.74) is -0.565. The summed E-state index contributed by atoms with van der Waals surface area (Å²) in [4.78, 5) is 0. The molecule has 0 aliphatic heterocycles. The van der Waals surface area contributed by atoms with Crippen molar-refractivity contribution in [2.75, 3.05) is 0 Å². The summed E-state index contributed by atoms with van der Waals surface area (Å²) in [6.07, 6.45) is 3.64. The summed E-state index contributed by atoms with van der Waals surface area (Å²) in [5, 5.41) is 21.2. The fourth-order valence-corrected chi connectivity index (χ4v) is 3.86. The predicted molar refractivity (Wildman–Crippen MR) is 64.9 cm³/mol. The van der Waals surface area contributed by atoms with E-state index in [0.717, 1.165) is 18.4 Å². The molecule has 0 amide bonds. The lowest BCUT2D eigenvalue weighted by Gasteiger charge is -2.50. The monoisotopic (exact) mass is 222 g/mol. The Kier molecular flexibility index (Phi) is 2.56. The van der Waals surface area contributed by atoms with Gasteiger partial charge in [-0.3, -0.25) is 0 Å². The maximum atomic E-state index is 10.7. The molecule has 2 bridgehead atoms. The number of aliphatic hydroxyl groups excluding tert-OH is 1. The molecule has 2 aliphatic carbocycles. The van der Waals surface area contributed by atoms with Crippen molar-refractivity contribution >= 4 is 0 Å². The Balaban J connectivity index is 2.50. The number of hydrogen-bond donors (Lipinski definition) is 2. The first-order valence-corrected chi connectivity index (χ1v) is 6.06. The first-order chi connectivity index (χ1) is 7.37. The third-order valence-electron chi connectivity index (χ3n) is 5.04. The largest absolute Gasteiger partial charge is 0.392 e. The number of fused-ring (bicyclic) bond motifs is 2. The van der Waals surface area contributed by atoms with Gasteiger partial charge < -0.3 is 10.2 Å². The quantitative estimate of drug-likeness (QED) is 0.704. The molecule has 0 heterocycles. The fraction of sp³-hybridized carbons (Fsp3) is 0.714. The molecule has 2 fully saturated rings. The maximum Gasteiger partial charge on any atom is 0.0910 e. The second-order valence-corrected chi connectivity index (χ2v) is 5.82. The average molecular weight is 222 g/mol. The lowest BCUT2D eigenvalue weighted by atomic mass is 9.60. The summed E-state index contributed by atoms with van der Waals surface area (Å²) in [6, 6.07) is 0. The highest BCUT2D eigenvalue weighted by Crippen LogP contribution is 2.61. The second-order valence-electron chi connectivity index (χ2n) is 5.82. The Morgan fingerprint density at radius 1 is 1.56 bits per heavy atom. The predicted octanol–water partition coefficient (Wildman–Crippen LogP) is 2.28. The van der Waals surface area contributed by atoms with Crippen LogP contribution in [-0.4, -0.2) is 21.9 Å². The molecule has 2 heteroatoms. The molecule has 16 heavy (non-hydrogen) atoms. The Hall–Kier alpha value is -0.600. The number of hydrogen-bond acceptors (Lipinski definition) is 2. The maximum absolute atomic E-state index is 10.7. The Bertz CT molecular complexity index is 332. The van der Waals surface area contributed by atoms with Crippen LogP contribution < -0.4 is 0 Å². The Labute approximate surface area is 97.7 Å². The SMILES string of the molecule is C=CC[C@@]12C[C@H](C)[C@@H](CC(=C)[C@]1(C)O)[C@H]2O. The van der Waals surface area contributed by atoms with Gasteiger partial charge >= 0.3 is 0 Å². The van der Waals surface area contributed by atoms with Crippen molar-refractivity contribution in [2.24, 2.45) is 17.3 Å². The van der Waals surface area contributed by atoms with E-state index in [1.165, 1.54) is 0 Å². The summed E-state index contributed by atoms with van der Waals surface area (Å²) < 4.78 is 0. The molecule has 2 nitrogen and oxygen atoms in total. The summed E-state index contributed by atoms with van der Waals surface area (Å²) >= 11 is 0. The lowest BCUT2D eigenvalue weighted by molar-refractivity contribution is -0.123. The Morgan fingerprint density at radius 2 is 2.19 bits per heavy atom. The van der Waals surface area contributed by atoms with Gasteiger partial charge in [-0.25, -0.2) is 0 Å². The highest BCUT2D eigenvalue weighted by atomic mass is 16.3. The van der Waals surface area contributed by atoms with E-state index in [-0.39, 0.29) is 5.92 Å². The van der Waals surface area contributed by atoms with Gasteiger partial charge in [0, 0.05) is 5.41 Å². The normalized spacial score (nSPS) is 51.8. The van der Waals surface area contributed by atoms with E-state index in [9.17, 15) is 10.2 Å². The zero-order valence-electron chi connectivity index (χ0n) is 10.2. The van der Waals surface area contributed by atoms with Gasteiger partial charge in [0.1, 0.15) is 0 Å². The van der Waals surface area contributed by atoms with E-state index in [1.54, 1.807) is 6.92 Å². The summed E-state index contributed by atoms with van der Waals surface area (Å²) in [5.74, 6) is 0.702. The molecule has 0 saturated heterocycles. The summed E-state index contributed by atoms with van der Waals surface area (Å²) in [6.45, 7) is 11.7. The van der Waals surface area contributed by atoms with E-state index >= 15 is 0 Å². The van der Waals surface area contributed by atoms with Crippen LogP contribution in [-0.2, 0) is 0 Å². The van der Waals surface area contributed by atoms with Crippen molar-refractivity contribution in [3.05, 3.63) is 24.8 Å². The van der Waals surface area contributed by atoms with E-state index in [2.05, 4.69) is 20.1 Å². The molecule has 0 aromatic heterocycles. The van der Waals surface area contributed by atoms with Crippen molar-refractivity contribution in [3.63, 3.8) is 0 Å². The Morgan fingerprint density at radius 3 is 2.75 bits per heavy atom. The van der Waals surface area contributed by atoms with Crippen LogP contribution in [0.5, 0.6) is 0 Å². The highest BCUT2D eigenvalue weighted by molar-refractivity contribution is 5.29. The molecule has 2 aliphatic rings. The summed E-state index contributed by atoms with van der Waals surface area (Å²) in [7, 11) is 0. The van der Waals surface area contributed by atoms with Crippen LogP contribution in [0.3, 0.4) is 0 Å². The van der Waals surface area contributed by atoms with Crippen LogP contribution in [0.15, 0.2) is 24.8 Å². The van der Waals surface area contributed by atoms with Gasteiger partial charge in [0.25, 0.3) is 0 Å². The third kappa shape index (κ3) is 1.20. The zero-order chi connectivity index (χ0) is 12.1. The molecule has 0 spiro atoms. The van der Waals surface area contributed by atoms with E-state index in [1.807, 2.05) is 6.08 Å². The first-order valence-electron chi connectivity index (χ1n) is 6.06. The lowest BCUT2D eigenvalue weighted by Crippen LogP contribution is -2.56.